The molecule has 27 heavy (non-hydrogen) atoms. The van der Waals surface area contributed by atoms with Crippen molar-refractivity contribution in [2.75, 3.05) is 23.5 Å². The minimum absolute atomic E-state index is 0.0626. The molecular weight excluding hydrogens is 369 g/mol. The number of nitrogens with one attached hydrogen (secondary N) is 1. The lowest BCUT2D eigenvalue weighted by Gasteiger charge is -2.11. The lowest BCUT2D eigenvalue weighted by atomic mass is 10.2. The third-order valence-electron chi connectivity index (χ3n) is 3.57. The molecule has 3 rings (SSSR count). The average Bonchev–Trinajstić information content (AvgIpc) is 3.03. The zero-order valence-electron chi connectivity index (χ0n) is 14.6. The van der Waals surface area contributed by atoms with E-state index in [-0.39, 0.29) is 23.0 Å². The normalized spacial score (nSPS) is 10.6. The van der Waals surface area contributed by atoms with Crippen LogP contribution in [0.2, 0.25) is 0 Å². The van der Waals surface area contributed by atoms with Crippen molar-refractivity contribution in [1.29, 1.82) is 0 Å². The molecule has 0 aliphatic carbocycles. The fourth-order valence-electron chi connectivity index (χ4n) is 2.37. The van der Waals surface area contributed by atoms with Gasteiger partial charge >= 0.3 is 0 Å². The fraction of sp³-hybridized carbons (Fsp3) is 0.167. The molecule has 0 fully saturated rings. The van der Waals surface area contributed by atoms with Crippen molar-refractivity contribution >= 4 is 23.4 Å². The van der Waals surface area contributed by atoms with Gasteiger partial charge < -0.3 is 15.9 Å². The Hall–Kier alpha value is -3.07. The van der Waals surface area contributed by atoms with Gasteiger partial charge in [-0.05, 0) is 31.2 Å². The van der Waals surface area contributed by atoms with Gasteiger partial charge in [-0.2, -0.15) is 0 Å². The Morgan fingerprint density at radius 2 is 1.96 bits per heavy atom. The Morgan fingerprint density at radius 3 is 2.74 bits per heavy atom. The van der Waals surface area contributed by atoms with Crippen LogP contribution in [0.4, 0.5) is 10.1 Å². The molecule has 0 bridgehead atoms. The number of anilines is 1. The number of aromatic nitrogens is 3. The van der Waals surface area contributed by atoms with Gasteiger partial charge in [0.2, 0.25) is 11.1 Å². The van der Waals surface area contributed by atoms with E-state index in [1.165, 1.54) is 10.7 Å². The molecule has 9 heteroatoms. The Kier molecular flexibility index (Phi) is 5.92. The highest BCUT2D eigenvalue weighted by Gasteiger charge is 2.16. The first-order valence-corrected chi connectivity index (χ1v) is 9.18. The van der Waals surface area contributed by atoms with Crippen molar-refractivity contribution in [2.24, 2.45) is 0 Å². The van der Waals surface area contributed by atoms with Crippen molar-refractivity contribution in [3.63, 3.8) is 0 Å². The first kappa shape index (κ1) is 18.7. The second-order valence-electron chi connectivity index (χ2n) is 5.42. The summed E-state index contributed by atoms with van der Waals surface area (Å²) in [4.78, 5) is 12.2. The van der Waals surface area contributed by atoms with E-state index in [9.17, 15) is 9.18 Å². The van der Waals surface area contributed by atoms with Crippen molar-refractivity contribution < 1.29 is 13.9 Å². The monoisotopic (exact) mass is 387 g/mol. The second-order valence-corrected chi connectivity index (χ2v) is 6.36. The van der Waals surface area contributed by atoms with Crippen LogP contribution in [0, 0.1) is 5.82 Å². The third-order valence-corrected chi connectivity index (χ3v) is 4.52. The number of halogens is 1. The first-order chi connectivity index (χ1) is 13.1. The minimum atomic E-state index is -0.446. The summed E-state index contributed by atoms with van der Waals surface area (Å²) in [5, 5.41) is 11.0. The number of nitrogens with zero attached hydrogens (tertiary/aromatic N) is 3. The molecule has 0 saturated heterocycles. The van der Waals surface area contributed by atoms with E-state index in [1.54, 1.807) is 30.3 Å². The molecule has 0 unspecified atom stereocenters. The molecule has 3 N–H and O–H groups in total. The van der Waals surface area contributed by atoms with Gasteiger partial charge in [-0.3, -0.25) is 4.79 Å². The van der Waals surface area contributed by atoms with Gasteiger partial charge in [-0.25, -0.2) is 9.07 Å². The molecule has 0 spiro atoms. The highest BCUT2D eigenvalue weighted by atomic mass is 32.2. The summed E-state index contributed by atoms with van der Waals surface area (Å²) in [5.74, 6) is 6.12. The molecule has 1 heterocycles. The number of benzene rings is 2. The van der Waals surface area contributed by atoms with Crippen LogP contribution in [0.15, 0.2) is 53.7 Å². The molecule has 1 amide bonds. The SMILES string of the molecule is CCOc1ccccc1NC(=O)CSc1nnc(-c2ccccc2F)n1N. The van der Waals surface area contributed by atoms with Crippen molar-refractivity contribution in [1.82, 2.24) is 14.9 Å². The van der Waals surface area contributed by atoms with Gasteiger partial charge in [0.25, 0.3) is 0 Å². The number of ether oxygens (including phenoxy) is 1. The van der Waals surface area contributed by atoms with E-state index in [0.717, 1.165) is 11.8 Å². The third kappa shape index (κ3) is 4.37. The summed E-state index contributed by atoms with van der Waals surface area (Å²) in [6.45, 7) is 2.37. The van der Waals surface area contributed by atoms with E-state index in [4.69, 9.17) is 10.6 Å². The zero-order valence-corrected chi connectivity index (χ0v) is 15.4. The maximum atomic E-state index is 13.9. The largest absolute Gasteiger partial charge is 0.492 e. The van der Waals surface area contributed by atoms with Crippen molar-refractivity contribution in [2.45, 2.75) is 12.1 Å². The zero-order chi connectivity index (χ0) is 19.2. The quantitative estimate of drug-likeness (QED) is 0.478. The lowest BCUT2D eigenvalue weighted by Crippen LogP contribution is -2.17. The molecule has 0 aliphatic rings. The molecule has 7 nitrogen and oxygen atoms in total. The number of hydrogen-bond donors (Lipinski definition) is 2. The Morgan fingerprint density at radius 1 is 1.22 bits per heavy atom. The molecule has 140 valence electrons. The summed E-state index contributed by atoms with van der Waals surface area (Å²) in [6.07, 6.45) is 0. The van der Waals surface area contributed by atoms with E-state index < -0.39 is 5.82 Å². The van der Waals surface area contributed by atoms with Crippen molar-refractivity contribution in [3.05, 3.63) is 54.3 Å². The summed E-state index contributed by atoms with van der Waals surface area (Å²) in [7, 11) is 0. The molecule has 0 atom stereocenters. The summed E-state index contributed by atoms with van der Waals surface area (Å²) in [6, 6.07) is 13.3. The van der Waals surface area contributed by atoms with Crippen LogP contribution >= 0.6 is 11.8 Å². The van der Waals surface area contributed by atoms with Crippen LogP contribution in [0.25, 0.3) is 11.4 Å². The Bertz CT molecular complexity index is 947. The molecule has 0 radical (unpaired) electrons. The summed E-state index contributed by atoms with van der Waals surface area (Å²) < 4.78 is 20.6. The van der Waals surface area contributed by atoms with Gasteiger partial charge in [0.05, 0.1) is 23.6 Å². The summed E-state index contributed by atoms with van der Waals surface area (Å²) >= 11 is 1.10. The highest BCUT2D eigenvalue weighted by Crippen LogP contribution is 2.26. The smallest absolute Gasteiger partial charge is 0.234 e. The van der Waals surface area contributed by atoms with Gasteiger partial charge in [-0.15, -0.1) is 10.2 Å². The highest BCUT2D eigenvalue weighted by molar-refractivity contribution is 7.99. The van der Waals surface area contributed by atoms with Crippen LogP contribution in [-0.2, 0) is 4.79 Å². The van der Waals surface area contributed by atoms with Gasteiger partial charge in [0, 0.05) is 0 Å². The number of thioether (sulfide) groups is 1. The molecule has 1 aromatic heterocycles. The minimum Gasteiger partial charge on any atom is -0.492 e. The number of rotatable bonds is 7. The average molecular weight is 387 g/mol. The maximum Gasteiger partial charge on any atom is 0.234 e. The van der Waals surface area contributed by atoms with E-state index in [2.05, 4.69) is 15.5 Å². The second kappa shape index (κ2) is 8.54. The lowest BCUT2D eigenvalue weighted by molar-refractivity contribution is -0.113. The van der Waals surface area contributed by atoms with Crippen LogP contribution in [0.1, 0.15) is 6.92 Å². The topological polar surface area (TPSA) is 95.1 Å². The predicted octanol–water partition coefficient (Wildman–Crippen LogP) is 2.93. The standard InChI is InChI=1S/C18H18FN5O2S/c1-2-26-15-10-6-5-9-14(15)21-16(25)11-27-18-23-22-17(24(18)20)12-7-3-4-8-13(12)19/h3-10H,2,11,20H2,1H3,(H,21,25). The molecule has 2 aromatic carbocycles. The fourth-order valence-corrected chi connectivity index (χ4v) is 3.03. The number of hydrogen-bond acceptors (Lipinski definition) is 6. The van der Waals surface area contributed by atoms with Gasteiger partial charge in [0.1, 0.15) is 11.6 Å². The Labute approximate surface area is 159 Å². The van der Waals surface area contributed by atoms with E-state index in [0.29, 0.717) is 23.2 Å². The van der Waals surface area contributed by atoms with Gasteiger partial charge in [-0.1, -0.05) is 36.0 Å². The van der Waals surface area contributed by atoms with E-state index in [1.807, 2.05) is 19.1 Å². The number of carbonyl (C=O) groups excluding carboxylic acids is 1. The van der Waals surface area contributed by atoms with Crippen LogP contribution in [0.3, 0.4) is 0 Å². The van der Waals surface area contributed by atoms with Crippen LogP contribution in [-0.4, -0.2) is 33.1 Å². The predicted molar refractivity (Wildman–Crippen MR) is 103 cm³/mol. The van der Waals surface area contributed by atoms with Crippen LogP contribution in [0.5, 0.6) is 5.75 Å². The van der Waals surface area contributed by atoms with E-state index >= 15 is 0 Å². The number of nitrogen functional groups attached to an aromatic ring is 1. The Balaban J connectivity index is 1.66. The van der Waals surface area contributed by atoms with Gasteiger partial charge in [0.15, 0.2) is 5.82 Å². The van der Waals surface area contributed by atoms with Crippen LogP contribution < -0.4 is 15.9 Å². The summed E-state index contributed by atoms with van der Waals surface area (Å²) in [5.41, 5.74) is 0.834. The molecule has 0 saturated carbocycles. The van der Waals surface area contributed by atoms with Crippen molar-refractivity contribution in [3.8, 4) is 17.1 Å². The first-order valence-electron chi connectivity index (χ1n) is 8.20. The number of para-hydroxylation sites is 2. The molecular formula is C18H18FN5O2S. The number of nitrogens with two attached hydrogens (primary N) is 1. The number of carbonyl (C=O) groups is 1. The number of amides is 1. The maximum absolute atomic E-state index is 13.9. The molecule has 3 aromatic rings. The molecule has 0 aliphatic heterocycles.